The number of nitrogens with one attached hydrogen (secondary N) is 1. The number of nitro groups is 1. The third-order valence-electron chi connectivity index (χ3n) is 2.76. The summed E-state index contributed by atoms with van der Waals surface area (Å²) in [6, 6.07) is 11.0. The predicted molar refractivity (Wildman–Crippen MR) is 83.4 cm³/mol. The van der Waals surface area contributed by atoms with E-state index < -0.39 is 4.92 Å². The molecule has 1 amide bonds. The van der Waals surface area contributed by atoms with Gasteiger partial charge in [-0.15, -0.1) is 0 Å². The van der Waals surface area contributed by atoms with E-state index in [0.29, 0.717) is 20.6 Å². The van der Waals surface area contributed by atoms with Crippen LogP contribution in [0.4, 0.5) is 5.69 Å². The minimum absolute atomic E-state index is 0.00608. The molecule has 0 aromatic heterocycles. The van der Waals surface area contributed by atoms with Crippen molar-refractivity contribution in [3.8, 4) is 0 Å². The smallest absolute Gasteiger partial charge is 0.269 e. The summed E-state index contributed by atoms with van der Waals surface area (Å²) in [6.45, 7) is 0.203. The van der Waals surface area contributed by atoms with Crippen molar-refractivity contribution in [1.29, 1.82) is 0 Å². The fraction of sp³-hybridized carbons (Fsp3) is 0.0714. The Balaban J connectivity index is 2.05. The molecule has 0 bridgehead atoms. The molecule has 21 heavy (non-hydrogen) atoms. The van der Waals surface area contributed by atoms with Crippen molar-refractivity contribution in [3.63, 3.8) is 0 Å². The molecule has 2 aromatic carbocycles. The Hall–Kier alpha value is -1.92. The molecule has 0 heterocycles. The zero-order valence-corrected chi connectivity index (χ0v) is 13.0. The quantitative estimate of drug-likeness (QED) is 0.655. The van der Waals surface area contributed by atoms with Crippen LogP contribution in [0.3, 0.4) is 0 Å². The standard InChI is InChI=1S/C14H10BrClN2O3/c15-12-5-4-10(7-13(12)16)14(19)17-8-9-2-1-3-11(6-9)18(20)21/h1-7H,8H2,(H,17,19). The predicted octanol–water partition coefficient (Wildman–Crippen LogP) is 3.94. The van der Waals surface area contributed by atoms with Crippen LogP contribution in [-0.2, 0) is 6.54 Å². The van der Waals surface area contributed by atoms with Crippen LogP contribution >= 0.6 is 27.5 Å². The van der Waals surface area contributed by atoms with Crippen LogP contribution in [-0.4, -0.2) is 10.8 Å². The van der Waals surface area contributed by atoms with Gasteiger partial charge in [0.25, 0.3) is 11.6 Å². The molecule has 5 nitrogen and oxygen atoms in total. The number of nitrogens with zero attached hydrogens (tertiary/aromatic N) is 1. The molecule has 0 spiro atoms. The average molecular weight is 370 g/mol. The highest BCUT2D eigenvalue weighted by Gasteiger charge is 2.09. The van der Waals surface area contributed by atoms with Gasteiger partial charge in [-0.05, 0) is 39.7 Å². The number of non-ortho nitro benzene ring substituents is 1. The van der Waals surface area contributed by atoms with Crippen LogP contribution in [0.2, 0.25) is 5.02 Å². The molecule has 0 unspecified atom stereocenters. The Bertz CT molecular complexity index is 706. The van der Waals surface area contributed by atoms with Crippen LogP contribution in [0.5, 0.6) is 0 Å². The summed E-state index contributed by atoms with van der Waals surface area (Å²) in [5.41, 5.74) is 1.07. The fourth-order valence-electron chi connectivity index (χ4n) is 1.70. The monoisotopic (exact) mass is 368 g/mol. The number of carbonyl (C=O) groups excluding carboxylic acids is 1. The molecule has 108 valence electrons. The molecule has 0 radical (unpaired) electrons. The summed E-state index contributed by atoms with van der Waals surface area (Å²) in [4.78, 5) is 22.2. The maximum Gasteiger partial charge on any atom is 0.269 e. The van der Waals surface area contributed by atoms with Crippen molar-refractivity contribution >= 4 is 39.1 Å². The van der Waals surface area contributed by atoms with E-state index in [1.165, 1.54) is 12.1 Å². The first-order valence-electron chi connectivity index (χ1n) is 5.94. The molecular formula is C14H10BrClN2O3. The molecule has 0 atom stereocenters. The fourth-order valence-corrected chi connectivity index (χ4v) is 2.13. The number of benzene rings is 2. The maximum atomic E-state index is 12.0. The zero-order valence-electron chi connectivity index (χ0n) is 10.7. The maximum absolute atomic E-state index is 12.0. The van der Waals surface area contributed by atoms with Crippen molar-refractivity contribution < 1.29 is 9.72 Å². The minimum atomic E-state index is -0.472. The van der Waals surface area contributed by atoms with Gasteiger partial charge in [0.15, 0.2) is 0 Å². The molecule has 7 heteroatoms. The number of rotatable bonds is 4. The van der Waals surface area contributed by atoms with Gasteiger partial charge in [0, 0.05) is 28.7 Å². The van der Waals surface area contributed by atoms with Gasteiger partial charge in [-0.25, -0.2) is 0 Å². The molecule has 2 aromatic rings. The first kappa shape index (κ1) is 15.5. The Morgan fingerprint density at radius 3 is 2.71 bits per heavy atom. The topological polar surface area (TPSA) is 72.2 Å². The molecule has 0 aliphatic carbocycles. The SMILES string of the molecule is O=C(NCc1cccc([N+](=O)[O-])c1)c1ccc(Br)c(Cl)c1. The van der Waals surface area contributed by atoms with Gasteiger partial charge >= 0.3 is 0 Å². The van der Waals surface area contributed by atoms with Crippen LogP contribution in [0.15, 0.2) is 46.9 Å². The highest BCUT2D eigenvalue weighted by molar-refractivity contribution is 9.10. The summed E-state index contributed by atoms with van der Waals surface area (Å²) >= 11 is 9.18. The Kier molecular flexibility index (Phi) is 4.93. The van der Waals surface area contributed by atoms with Crippen molar-refractivity contribution in [2.75, 3.05) is 0 Å². The number of nitro benzene ring substituents is 1. The second kappa shape index (κ2) is 6.69. The van der Waals surface area contributed by atoms with E-state index >= 15 is 0 Å². The summed E-state index contributed by atoms with van der Waals surface area (Å²) in [5.74, 6) is -0.295. The second-order valence-corrected chi connectivity index (χ2v) is 5.50. The number of halogens is 2. The normalized spacial score (nSPS) is 10.2. The van der Waals surface area contributed by atoms with Gasteiger partial charge in [0.05, 0.1) is 9.95 Å². The number of carbonyl (C=O) groups is 1. The number of hydrogen-bond donors (Lipinski definition) is 1. The third kappa shape index (κ3) is 4.03. The molecule has 2 rings (SSSR count). The highest BCUT2D eigenvalue weighted by atomic mass is 79.9. The second-order valence-electron chi connectivity index (χ2n) is 4.24. The molecule has 0 saturated heterocycles. The molecule has 1 N–H and O–H groups in total. The lowest BCUT2D eigenvalue weighted by Gasteiger charge is -2.06. The summed E-state index contributed by atoms with van der Waals surface area (Å²) in [5, 5.41) is 13.8. The van der Waals surface area contributed by atoms with Crippen LogP contribution < -0.4 is 5.32 Å². The van der Waals surface area contributed by atoms with E-state index in [1.54, 1.807) is 30.3 Å². The molecule has 0 saturated carbocycles. The van der Waals surface area contributed by atoms with Crippen LogP contribution in [0, 0.1) is 10.1 Å². The summed E-state index contributed by atoms with van der Waals surface area (Å²) in [7, 11) is 0. The Morgan fingerprint density at radius 1 is 1.29 bits per heavy atom. The van der Waals surface area contributed by atoms with Crippen molar-refractivity contribution in [1.82, 2.24) is 5.32 Å². The van der Waals surface area contributed by atoms with E-state index in [-0.39, 0.29) is 18.1 Å². The number of hydrogen-bond acceptors (Lipinski definition) is 3. The Morgan fingerprint density at radius 2 is 2.05 bits per heavy atom. The lowest BCUT2D eigenvalue weighted by Crippen LogP contribution is -2.22. The first-order chi connectivity index (χ1) is 9.97. The van der Waals surface area contributed by atoms with Gasteiger partial charge in [-0.2, -0.15) is 0 Å². The molecule has 0 aliphatic heterocycles. The van der Waals surface area contributed by atoms with Crippen LogP contribution in [0.25, 0.3) is 0 Å². The van der Waals surface area contributed by atoms with Crippen molar-refractivity contribution in [2.24, 2.45) is 0 Å². The average Bonchev–Trinajstić information content (AvgIpc) is 2.48. The van der Waals surface area contributed by atoms with Gasteiger partial charge in [0.2, 0.25) is 0 Å². The molecular weight excluding hydrogens is 360 g/mol. The lowest BCUT2D eigenvalue weighted by molar-refractivity contribution is -0.384. The largest absolute Gasteiger partial charge is 0.348 e. The first-order valence-corrected chi connectivity index (χ1v) is 7.11. The summed E-state index contributed by atoms with van der Waals surface area (Å²) < 4.78 is 0.708. The van der Waals surface area contributed by atoms with Gasteiger partial charge < -0.3 is 5.32 Å². The lowest BCUT2D eigenvalue weighted by atomic mass is 10.2. The van der Waals surface area contributed by atoms with Gasteiger partial charge in [0.1, 0.15) is 0 Å². The van der Waals surface area contributed by atoms with E-state index in [4.69, 9.17) is 11.6 Å². The van der Waals surface area contributed by atoms with Gasteiger partial charge in [-0.3, -0.25) is 14.9 Å². The van der Waals surface area contributed by atoms with E-state index in [0.717, 1.165) is 0 Å². The van der Waals surface area contributed by atoms with E-state index in [9.17, 15) is 14.9 Å². The highest BCUT2D eigenvalue weighted by Crippen LogP contribution is 2.23. The van der Waals surface area contributed by atoms with Crippen molar-refractivity contribution in [3.05, 3.63) is 73.2 Å². The Labute approximate surface area is 134 Å². The molecule has 0 aliphatic rings. The van der Waals surface area contributed by atoms with E-state index in [1.807, 2.05) is 0 Å². The molecule has 0 fully saturated rings. The zero-order chi connectivity index (χ0) is 15.4. The number of amides is 1. The van der Waals surface area contributed by atoms with Crippen molar-refractivity contribution in [2.45, 2.75) is 6.54 Å². The summed E-state index contributed by atoms with van der Waals surface area (Å²) in [6.07, 6.45) is 0. The van der Waals surface area contributed by atoms with Crippen LogP contribution in [0.1, 0.15) is 15.9 Å². The minimum Gasteiger partial charge on any atom is -0.348 e. The van der Waals surface area contributed by atoms with Gasteiger partial charge in [-0.1, -0.05) is 23.7 Å². The third-order valence-corrected chi connectivity index (χ3v) is 3.99. The van der Waals surface area contributed by atoms with E-state index in [2.05, 4.69) is 21.2 Å².